The van der Waals surface area contributed by atoms with Crippen LogP contribution >= 0.6 is 27.3 Å². The minimum Gasteiger partial charge on any atom is -0.495 e. The zero-order valence-electron chi connectivity index (χ0n) is 10.8. The van der Waals surface area contributed by atoms with E-state index in [1.165, 1.54) is 36.6 Å². The minimum atomic E-state index is -3.95. The number of carbonyl (C=O) groups excluding carboxylic acids is 1. The normalized spacial score (nSPS) is 11.2. The highest BCUT2D eigenvalue weighted by Gasteiger charge is 2.17. The van der Waals surface area contributed by atoms with Crippen LogP contribution in [-0.2, 0) is 10.0 Å². The SMILES string of the molecule is COc1ccc(NC(=O)c2ccc(Br)s2)cc1S(N)(=O)=O. The van der Waals surface area contributed by atoms with Gasteiger partial charge in [-0.2, -0.15) is 0 Å². The molecule has 2 rings (SSSR count). The van der Waals surface area contributed by atoms with Crippen molar-refractivity contribution in [3.05, 3.63) is 39.0 Å². The van der Waals surface area contributed by atoms with E-state index in [-0.39, 0.29) is 16.6 Å². The second kappa shape index (κ2) is 6.14. The fourth-order valence-corrected chi connectivity index (χ4v) is 3.61. The summed E-state index contributed by atoms with van der Waals surface area (Å²) >= 11 is 4.54. The minimum absolute atomic E-state index is 0.120. The number of carbonyl (C=O) groups is 1. The number of hydrogen-bond donors (Lipinski definition) is 2. The Hall–Kier alpha value is -1.42. The number of primary sulfonamides is 1. The summed E-state index contributed by atoms with van der Waals surface area (Å²) in [6.45, 7) is 0. The molecular weight excluding hydrogens is 380 g/mol. The van der Waals surface area contributed by atoms with E-state index in [2.05, 4.69) is 21.2 Å². The lowest BCUT2D eigenvalue weighted by molar-refractivity contribution is 0.103. The Bertz CT molecular complexity index is 786. The largest absolute Gasteiger partial charge is 0.495 e. The van der Waals surface area contributed by atoms with Crippen molar-refractivity contribution < 1.29 is 17.9 Å². The fraction of sp³-hybridized carbons (Fsp3) is 0.0833. The van der Waals surface area contributed by atoms with Gasteiger partial charge in [0.05, 0.1) is 15.8 Å². The van der Waals surface area contributed by atoms with Gasteiger partial charge in [-0.25, -0.2) is 13.6 Å². The Morgan fingerprint density at radius 2 is 2.05 bits per heavy atom. The number of benzene rings is 1. The summed E-state index contributed by atoms with van der Waals surface area (Å²) < 4.78 is 28.8. The average Bonchev–Trinajstić information content (AvgIpc) is 2.84. The highest BCUT2D eigenvalue weighted by Crippen LogP contribution is 2.27. The van der Waals surface area contributed by atoms with Gasteiger partial charge in [-0.3, -0.25) is 4.79 Å². The summed E-state index contributed by atoms with van der Waals surface area (Å²) in [4.78, 5) is 12.3. The van der Waals surface area contributed by atoms with Gasteiger partial charge < -0.3 is 10.1 Å². The molecule has 112 valence electrons. The molecular formula is C12H11BrN2O4S2. The molecule has 1 amide bonds. The predicted molar refractivity (Wildman–Crippen MR) is 84.3 cm³/mol. The average molecular weight is 391 g/mol. The van der Waals surface area contributed by atoms with Crippen molar-refractivity contribution in [2.75, 3.05) is 12.4 Å². The van der Waals surface area contributed by atoms with Crippen molar-refractivity contribution in [3.63, 3.8) is 0 Å². The lowest BCUT2D eigenvalue weighted by atomic mass is 10.3. The van der Waals surface area contributed by atoms with Gasteiger partial charge in [-0.15, -0.1) is 11.3 Å². The molecule has 0 unspecified atom stereocenters. The van der Waals surface area contributed by atoms with E-state index in [0.29, 0.717) is 10.6 Å². The van der Waals surface area contributed by atoms with E-state index in [4.69, 9.17) is 9.88 Å². The molecule has 1 aromatic carbocycles. The Morgan fingerprint density at radius 3 is 2.57 bits per heavy atom. The number of nitrogens with two attached hydrogens (primary N) is 1. The Morgan fingerprint density at radius 1 is 1.33 bits per heavy atom. The van der Waals surface area contributed by atoms with Crippen molar-refractivity contribution in [1.29, 1.82) is 0 Å². The molecule has 21 heavy (non-hydrogen) atoms. The number of sulfonamides is 1. The van der Waals surface area contributed by atoms with Gasteiger partial charge in [0.1, 0.15) is 10.6 Å². The number of amides is 1. The van der Waals surface area contributed by atoms with Gasteiger partial charge in [0.15, 0.2) is 0 Å². The molecule has 0 radical (unpaired) electrons. The van der Waals surface area contributed by atoms with Crippen LogP contribution in [0, 0.1) is 0 Å². The molecule has 1 heterocycles. The maximum absolute atomic E-state index is 12.0. The number of methoxy groups -OCH3 is 1. The van der Waals surface area contributed by atoms with Crippen molar-refractivity contribution in [2.24, 2.45) is 5.14 Å². The van der Waals surface area contributed by atoms with E-state index >= 15 is 0 Å². The third-order valence-corrected chi connectivity index (χ3v) is 5.08. The third-order valence-electron chi connectivity index (χ3n) is 2.53. The zero-order valence-corrected chi connectivity index (χ0v) is 14.0. The predicted octanol–water partition coefficient (Wildman–Crippen LogP) is 2.42. The van der Waals surface area contributed by atoms with E-state index < -0.39 is 10.0 Å². The lowest BCUT2D eigenvalue weighted by Gasteiger charge is -2.09. The smallest absolute Gasteiger partial charge is 0.265 e. The first-order chi connectivity index (χ1) is 9.81. The molecule has 0 atom stereocenters. The van der Waals surface area contributed by atoms with E-state index in [9.17, 15) is 13.2 Å². The maximum Gasteiger partial charge on any atom is 0.265 e. The molecule has 0 aliphatic rings. The molecule has 9 heteroatoms. The molecule has 1 aromatic heterocycles. The van der Waals surface area contributed by atoms with Crippen molar-refractivity contribution in [2.45, 2.75) is 4.90 Å². The summed E-state index contributed by atoms with van der Waals surface area (Å²) in [5.74, 6) is -0.217. The summed E-state index contributed by atoms with van der Waals surface area (Å²) in [6, 6.07) is 7.64. The molecule has 0 bridgehead atoms. The monoisotopic (exact) mass is 390 g/mol. The van der Waals surface area contributed by atoms with Gasteiger partial charge in [-0.1, -0.05) is 0 Å². The van der Waals surface area contributed by atoms with Gasteiger partial charge in [-0.05, 0) is 46.3 Å². The Labute approximate surface area is 134 Å². The number of rotatable bonds is 4. The van der Waals surface area contributed by atoms with Gasteiger partial charge >= 0.3 is 0 Å². The van der Waals surface area contributed by atoms with Crippen LogP contribution in [0.2, 0.25) is 0 Å². The number of ether oxygens (including phenoxy) is 1. The standard InChI is InChI=1S/C12H11BrN2O4S2/c1-19-8-3-2-7(6-10(8)21(14,17)18)15-12(16)9-4-5-11(13)20-9/h2-6H,1H3,(H,15,16)(H2,14,17,18). The summed E-state index contributed by atoms with van der Waals surface area (Å²) in [7, 11) is -2.61. The van der Waals surface area contributed by atoms with Crippen LogP contribution in [0.25, 0.3) is 0 Å². The topological polar surface area (TPSA) is 98.5 Å². The highest BCUT2D eigenvalue weighted by atomic mass is 79.9. The maximum atomic E-state index is 12.0. The molecule has 0 saturated carbocycles. The number of anilines is 1. The van der Waals surface area contributed by atoms with Crippen LogP contribution in [0.15, 0.2) is 39.0 Å². The van der Waals surface area contributed by atoms with Crippen molar-refractivity contribution in [3.8, 4) is 5.75 Å². The lowest BCUT2D eigenvalue weighted by Crippen LogP contribution is -2.15. The third kappa shape index (κ3) is 3.82. The van der Waals surface area contributed by atoms with Crippen LogP contribution in [0.5, 0.6) is 5.75 Å². The van der Waals surface area contributed by atoms with E-state index in [0.717, 1.165) is 3.79 Å². The van der Waals surface area contributed by atoms with E-state index in [1.54, 1.807) is 12.1 Å². The van der Waals surface area contributed by atoms with Crippen molar-refractivity contribution in [1.82, 2.24) is 0 Å². The molecule has 0 spiro atoms. The second-order valence-corrected chi connectivity index (χ2v) is 7.96. The zero-order chi connectivity index (χ0) is 15.6. The second-order valence-electron chi connectivity index (χ2n) is 3.97. The summed E-state index contributed by atoms with van der Waals surface area (Å²) in [5.41, 5.74) is 0.314. The van der Waals surface area contributed by atoms with Gasteiger partial charge in [0, 0.05) is 5.69 Å². The first kappa shape index (κ1) is 16.0. The Kier molecular flexibility index (Phi) is 4.67. The van der Waals surface area contributed by atoms with Crippen LogP contribution in [0.4, 0.5) is 5.69 Å². The fourth-order valence-electron chi connectivity index (χ4n) is 1.61. The summed E-state index contributed by atoms with van der Waals surface area (Å²) in [5, 5.41) is 7.73. The van der Waals surface area contributed by atoms with Crippen LogP contribution in [0.3, 0.4) is 0 Å². The van der Waals surface area contributed by atoms with Crippen LogP contribution in [-0.4, -0.2) is 21.4 Å². The molecule has 0 aliphatic heterocycles. The highest BCUT2D eigenvalue weighted by molar-refractivity contribution is 9.11. The van der Waals surface area contributed by atoms with Crippen molar-refractivity contribution >= 4 is 48.9 Å². The molecule has 0 saturated heterocycles. The number of halogens is 1. The van der Waals surface area contributed by atoms with Gasteiger partial charge in [0.25, 0.3) is 5.91 Å². The molecule has 2 aromatic rings. The number of hydrogen-bond acceptors (Lipinski definition) is 5. The number of thiophene rings is 1. The quantitative estimate of drug-likeness (QED) is 0.836. The van der Waals surface area contributed by atoms with Gasteiger partial charge in [0.2, 0.25) is 10.0 Å². The van der Waals surface area contributed by atoms with Crippen LogP contribution in [0.1, 0.15) is 9.67 Å². The first-order valence-corrected chi connectivity index (χ1v) is 8.74. The molecule has 6 nitrogen and oxygen atoms in total. The molecule has 3 N–H and O–H groups in total. The molecule has 0 fully saturated rings. The van der Waals surface area contributed by atoms with Crippen LogP contribution < -0.4 is 15.2 Å². The van der Waals surface area contributed by atoms with E-state index in [1.807, 2.05) is 0 Å². The first-order valence-electron chi connectivity index (χ1n) is 5.59. The Balaban J connectivity index is 2.31. The summed E-state index contributed by atoms with van der Waals surface area (Å²) in [6.07, 6.45) is 0. The number of nitrogens with one attached hydrogen (secondary N) is 1. The molecule has 0 aliphatic carbocycles.